The van der Waals surface area contributed by atoms with Crippen molar-refractivity contribution in [3.8, 4) is 0 Å². The van der Waals surface area contributed by atoms with Gasteiger partial charge in [-0.15, -0.1) is 0 Å². The van der Waals surface area contributed by atoms with E-state index in [0.717, 1.165) is 16.5 Å². The number of aromatic nitrogens is 2. The standard InChI is InChI=1S/C16H16N2O/c1-12(14-5-3-2-4-6-14)18-16-8-7-13(11-19)9-15(16)10-17-18/h2-10,12,19H,11H2,1H3. The first-order valence-electron chi connectivity index (χ1n) is 6.41. The molecule has 1 aromatic heterocycles. The van der Waals surface area contributed by atoms with Gasteiger partial charge in [-0.2, -0.15) is 5.10 Å². The highest BCUT2D eigenvalue weighted by Crippen LogP contribution is 2.23. The number of aliphatic hydroxyl groups excluding tert-OH is 1. The molecule has 2 aromatic carbocycles. The van der Waals surface area contributed by atoms with E-state index in [1.165, 1.54) is 5.56 Å². The number of fused-ring (bicyclic) bond motifs is 1. The lowest BCUT2D eigenvalue weighted by molar-refractivity contribution is 0.282. The van der Waals surface area contributed by atoms with E-state index >= 15 is 0 Å². The summed E-state index contributed by atoms with van der Waals surface area (Å²) in [5.74, 6) is 0. The molecule has 0 aliphatic carbocycles. The molecule has 3 heteroatoms. The molecule has 96 valence electrons. The number of aliphatic hydroxyl groups is 1. The molecule has 1 N–H and O–H groups in total. The zero-order chi connectivity index (χ0) is 13.2. The highest BCUT2D eigenvalue weighted by molar-refractivity contribution is 5.79. The van der Waals surface area contributed by atoms with E-state index in [0.29, 0.717) is 0 Å². The number of benzene rings is 2. The molecule has 19 heavy (non-hydrogen) atoms. The van der Waals surface area contributed by atoms with Crippen LogP contribution < -0.4 is 0 Å². The maximum atomic E-state index is 9.16. The summed E-state index contributed by atoms with van der Waals surface area (Å²) in [5.41, 5.74) is 3.24. The van der Waals surface area contributed by atoms with Crippen molar-refractivity contribution in [1.29, 1.82) is 0 Å². The van der Waals surface area contributed by atoms with Gasteiger partial charge < -0.3 is 5.11 Å². The highest BCUT2D eigenvalue weighted by Gasteiger charge is 2.11. The first-order chi connectivity index (χ1) is 9.29. The summed E-state index contributed by atoms with van der Waals surface area (Å²) in [6.07, 6.45) is 1.86. The Morgan fingerprint density at radius 2 is 1.95 bits per heavy atom. The first-order valence-corrected chi connectivity index (χ1v) is 6.41. The van der Waals surface area contributed by atoms with Crippen LogP contribution in [0, 0.1) is 0 Å². The topological polar surface area (TPSA) is 38.0 Å². The predicted octanol–water partition coefficient (Wildman–Crippen LogP) is 3.14. The summed E-state index contributed by atoms with van der Waals surface area (Å²) in [6, 6.07) is 16.5. The molecule has 0 fully saturated rings. The Morgan fingerprint density at radius 1 is 1.16 bits per heavy atom. The molecule has 1 unspecified atom stereocenters. The van der Waals surface area contributed by atoms with Gasteiger partial charge in [0, 0.05) is 5.39 Å². The van der Waals surface area contributed by atoms with Gasteiger partial charge in [0.15, 0.2) is 0 Å². The molecular formula is C16H16N2O. The Morgan fingerprint density at radius 3 is 2.68 bits per heavy atom. The molecule has 0 spiro atoms. The third-order valence-electron chi connectivity index (χ3n) is 3.49. The van der Waals surface area contributed by atoms with Crippen LogP contribution >= 0.6 is 0 Å². The molecule has 0 saturated heterocycles. The molecule has 0 bridgehead atoms. The first kappa shape index (κ1) is 11.9. The second-order valence-electron chi connectivity index (χ2n) is 4.73. The predicted molar refractivity (Wildman–Crippen MR) is 75.9 cm³/mol. The van der Waals surface area contributed by atoms with Crippen LogP contribution in [-0.4, -0.2) is 14.9 Å². The van der Waals surface area contributed by atoms with Crippen molar-refractivity contribution in [2.75, 3.05) is 0 Å². The van der Waals surface area contributed by atoms with Crippen LogP contribution in [0.3, 0.4) is 0 Å². The maximum Gasteiger partial charge on any atom is 0.0747 e. The van der Waals surface area contributed by atoms with Gasteiger partial charge in [0.25, 0.3) is 0 Å². The van der Waals surface area contributed by atoms with Gasteiger partial charge in [0.1, 0.15) is 0 Å². The van der Waals surface area contributed by atoms with Crippen LogP contribution in [-0.2, 0) is 6.61 Å². The van der Waals surface area contributed by atoms with Gasteiger partial charge >= 0.3 is 0 Å². The van der Waals surface area contributed by atoms with Crippen molar-refractivity contribution >= 4 is 10.9 Å². The average molecular weight is 252 g/mol. The molecule has 3 nitrogen and oxygen atoms in total. The molecule has 3 rings (SSSR count). The molecule has 0 amide bonds. The molecule has 0 saturated carbocycles. The third-order valence-corrected chi connectivity index (χ3v) is 3.49. The van der Waals surface area contributed by atoms with Crippen LogP contribution in [0.25, 0.3) is 10.9 Å². The van der Waals surface area contributed by atoms with E-state index in [1.54, 1.807) is 0 Å². The zero-order valence-electron chi connectivity index (χ0n) is 10.8. The largest absolute Gasteiger partial charge is 0.392 e. The number of hydrogen-bond acceptors (Lipinski definition) is 2. The Kier molecular flexibility index (Phi) is 3.05. The maximum absolute atomic E-state index is 9.16. The Bertz CT molecular complexity index is 688. The fourth-order valence-corrected chi connectivity index (χ4v) is 2.38. The van der Waals surface area contributed by atoms with Crippen LogP contribution in [0.15, 0.2) is 54.7 Å². The SMILES string of the molecule is CC(c1ccccc1)n1ncc2cc(CO)ccc21. The molecule has 1 atom stereocenters. The fourth-order valence-electron chi connectivity index (χ4n) is 2.38. The molecule has 3 aromatic rings. The minimum Gasteiger partial charge on any atom is -0.392 e. The van der Waals surface area contributed by atoms with Gasteiger partial charge in [-0.1, -0.05) is 36.4 Å². The van der Waals surface area contributed by atoms with Gasteiger partial charge in [-0.05, 0) is 30.2 Å². The van der Waals surface area contributed by atoms with E-state index in [1.807, 2.05) is 47.3 Å². The minimum atomic E-state index is 0.0648. The van der Waals surface area contributed by atoms with Crippen LogP contribution in [0.4, 0.5) is 0 Å². The Labute approximate surface area is 112 Å². The van der Waals surface area contributed by atoms with Gasteiger partial charge in [-0.3, -0.25) is 4.68 Å². The number of rotatable bonds is 3. The van der Waals surface area contributed by atoms with Crippen molar-refractivity contribution in [2.24, 2.45) is 0 Å². The number of hydrogen-bond donors (Lipinski definition) is 1. The van der Waals surface area contributed by atoms with E-state index < -0.39 is 0 Å². The highest BCUT2D eigenvalue weighted by atomic mass is 16.3. The van der Waals surface area contributed by atoms with Crippen LogP contribution in [0.1, 0.15) is 24.1 Å². The third kappa shape index (κ3) is 2.13. The van der Waals surface area contributed by atoms with Crippen LogP contribution in [0.2, 0.25) is 0 Å². The summed E-state index contributed by atoms with van der Waals surface area (Å²) >= 11 is 0. The lowest BCUT2D eigenvalue weighted by Crippen LogP contribution is -2.07. The van der Waals surface area contributed by atoms with Crippen molar-refractivity contribution < 1.29 is 5.11 Å². The molecular weight excluding hydrogens is 236 g/mol. The summed E-state index contributed by atoms with van der Waals surface area (Å²) in [4.78, 5) is 0. The normalized spacial score (nSPS) is 12.7. The van der Waals surface area contributed by atoms with E-state index in [4.69, 9.17) is 5.11 Å². The van der Waals surface area contributed by atoms with E-state index in [-0.39, 0.29) is 12.6 Å². The number of nitrogens with zero attached hydrogens (tertiary/aromatic N) is 2. The van der Waals surface area contributed by atoms with E-state index in [9.17, 15) is 0 Å². The Hall–Kier alpha value is -2.13. The van der Waals surface area contributed by atoms with Crippen molar-refractivity contribution in [3.63, 3.8) is 0 Å². The lowest BCUT2D eigenvalue weighted by atomic mass is 10.1. The second-order valence-corrected chi connectivity index (χ2v) is 4.73. The zero-order valence-corrected chi connectivity index (χ0v) is 10.8. The smallest absolute Gasteiger partial charge is 0.0747 e. The van der Waals surface area contributed by atoms with Crippen LogP contribution in [0.5, 0.6) is 0 Å². The van der Waals surface area contributed by atoms with Gasteiger partial charge in [0.05, 0.1) is 24.4 Å². The lowest BCUT2D eigenvalue weighted by Gasteiger charge is -2.14. The molecule has 1 heterocycles. The summed E-state index contributed by atoms with van der Waals surface area (Å²) in [7, 11) is 0. The fraction of sp³-hybridized carbons (Fsp3) is 0.188. The minimum absolute atomic E-state index is 0.0648. The van der Waals surface area contributed by atoms with Gasteiger partial charge in [0.2, 0.25) is 0 Å². The Balaban J connectivity index is 2.06. The molecule has 0 aliphatic heterocycles. The second kappa shape index (κ2) is 4.86. The monoisotopic (exact) mass is 252 g/mol. The van der Waals surface area contributed by atoms with Crippen molar-refractivity contribution in [3.05, 3.63) is 65.9 Å². The average Bonchev–Trinajstić information content (AvgIpc) is 2.90. The van der Waals surface area contributed by atoms with Crippen molar-refractivity contribution in [2.45, 2.75) is 19.6 Å². The van der Waals surface area contributed by atoms with E-state index in [2.05, 4.69) is 24.2 Å². The molecule has 0 aliphatic rings. The summed E-state index contributed by atoms with van der Waals surface area (Å²) in [5, 5.41) is 14.7. The summed E-state index contributed by atoms with van der Waals surface area (Å²) in [6.45, 7) is 2.21. The summed E-state index contributed by atoms with van der Waals surface area (Å²) < 4.78 is 2.02. The quantitative estimate of drug-likeness (QED) is 0.777. The van der Waals surface area contributed by atoms with Crippen molar-refractivity contribution in [1.82, 2.24) is 9.78 Å². The molecule has 0 radical (unpaired) electrons. The van der Waals surface area contributed by atoms with Gasteiger partial charge in [-0.25, -0.2) is 0 Å².